The second-order valence-electron chi connectivity index (χ2n) is 16.3. The van der Waals surface area contributed by atoms with E-state index in [1.54, 1.807) is 0 Å². The van der Waals surface area contributed by atoms with Crippen molar-refractivity contribution in [1.29, 1.82) is 0 Å². The van der Waals surface area contributed by atoms with E-state index in [2.05, 4.69) is 138 Å². The van der Waals surface area contributed by atoms with Gasteiger partial charge in [-0.1, -0.05) is 138 Å². The first kappa shape index (κ1) is 36.2. The Morgan fingerprint density at radius 2 is 0.559 bits per heavy atom. The van der Waals surface area contributed by atoms with Crippen molar-refractivity contribution in [1.82, 2.24) is 0 Å². The maximum Gasteiger partial charge on any atom is -0.0300 e. The lowest BCUT2D eigenvalue weighted by Crippen LogP contribution is -2.47. The molecule has 0 aliphatic carbocycles. The minimum Gasteiger partial charge on any atom is -0.0625 e. The van der Waals surface area contributed by atoms with Gasteiger partial charge < -0.3 is 0 Å². The molecule has 2 atom stereocenters. The zero-order chi connectivity index (χ0) is 28.0. The molecule has 0 fully saturated rings. The summed E-state index contributed by atoms with van der Waals surface area (Å²) >= 11 is 0. The predicted molar refractivity (Wildman–Crippen MR) is 160 cm³/mol. The lowest BCUT2D eigenvalue weighted by atomic mass is 9.51. The smallest absolute Gasteiger partial charge is 0.0300 e. The zero-order valence-corrected chi connectivity index (χ0v) is 28.0. The Hall–Kier alpha value is 0. The molecule has 0 saturated carbocycles. The summed E-state index contributed by atoms with van der Waals surface area (Å²) in [5, 5.41) is 0. The summed E-state index contributed by atoms with van der Waals surface area (Å²) in [6, 6.07) is 0. The maximum absolute atomic E-state index is 2.56. The Kier molecular flexibility index (Phi) is 14.4. The van der Waals surface area contributed by atoms with E-state index in [1.807, 2.05) is 0 Å². The van der Waals surface area contributed by atoms with Gasteiger partial charge in [-0.05, 0) is 81.8 Å². The average molecular weight is 481 g/mol. The predicted octanol–water partition coefficient (Wildman–Crippen LogP) is 12.0. The third kappa shape index (κ3) is 10.5. The molecule has 34 heavy (non-hydrogen) atoms. The van der Waals surface area contributed by atoms with Crippen molar-refractivity contribution in [3.05, 3.63) is 0 Å². The molecule has 0 bridgehead atoms. The van der Waals surface area contributed by atoms with Crippen molar-refractivity contribution in [2.24, 2.45) is 69.0 Å². The normalized spacial score (nSPS) is 16.1. The van der Waals surface area contributed by atoms with Crippen molar-refractivity contribution in [2.75, 3.05) is 0 Å². The summed E-state index contributed by atoms with van der Waals surface area (Å²) in [6.45, 7) is 48.7. The molecule has 0 nitrogen and oxygen atoms in total. The van der Waals surface area contributed by atoms with Crippen LogP contribution in [0.4, 0.5) is 0 Å². The highest BCUT2D eigenvalue weighted by atomic mass is 14.5. The average Bonchev–Trinajstić information content (AvgIpc) is 2.64. The van der Waals surface area contributed by atoms with Crippen molar-refractivity contribution in [2.45, 2.75) is 151 Å². The standard InChI is InChI=1S/C28H58.C6H14/c1-19(2)25(9,10)17-23(27(13,14)21(5)6)24(28(15,16)22(7)8)18-26(11,12)20(3)4;1-5(2)6(3)4/h19-24H,17-18H2,1-16H3;5-6H,1-4H3. The van der Waals surface area contributed by atoms with Gasteiger partial charge in [-0.3, -0.25) is 0 Å². The SMILES string of the molecule is CC(C)C(C)(C)CC(C(CC(C)(C)C(C)C)C(C)(C)C(C)C)C(C)(C)C(C)C.CC(C)C(C)C. The molecule has 0 rings (SSSR count). The molecule has 0 aromatic rings. The van der Waals surface area contributed by atoms with Gasteiger partial charge >= 0.3 is 0 Å². The Morgan fingerprint density at radius 3 is 0.676 bits per heavy atom. The Balaban J connectivity index is 0. The first-order valence-corrected chi connectivity index (χ1v) is 14.9. The molecule has 2 unspecified atom stereocenters. The van der Waals surface area contributed by atoms with E-state index in [4.69, 9.17) is 0 Å². The molecule has 0 aliphatic heterocycles. The van der Waals surface area contributed by atoms with Crippen LogP contribution in [-0.2, 0) is 0 Å². The molecular formula is C34H72. The van der Waals surface area contributed by atoms with Crippen molar-refractivity contribution in [3.8, 4) is 0 Å². The van der Waals surface area contributed by atoms with Crippen molar-refractivity contribution in [3.63, 3.8) is 0 Å². The van der Waals surface area contributed by atoms with Crippen LogP contribution >= 0.6 is 0 Å². The Labute approximate surface area is 220 Å². The molecule has 0 amide bonds. The third-order valence-corrected chi connectivity index (χ3v) is 11.3. The Morgan fingerprint density at radius 1 is 0.353 bits per heavy atom. The van der Waals surface area contributed by atoms with Gasteiger partial charge in [0.05, 0.1) is 0 Å². The minimum atomic E-state index is 0.329. The highest BCUT2D eigenvalue weighted by Crippen LogP contribution is 2.56. The number of hydrogen-bond donors (Lipinski definition) is 0. The van der Waals surface area contributed by atoms with Gasteiger partial charge in [0.2, 0.25) is 0 Å². The van der Waals surface area contributed by atoms with Crippen LogP contribution in [0.25, 0.3) is 0 Å². The topological polar surface area (TPSA) is 0 Å². The van der Waals surface area contributed by atoms with E-state index in [0.717, 1.165) is 23.7 Å². The highest BCUT2D eigenvalue weighted by Gasteiger charge is 2.49. The van der Waals surface area contributed by atoms with Crippen LogP contribution in [0.15, 0.2) is 0 Å². The van der Waals surface area contributed by atoms with Gasteiger partial charge in [0.1, 0.15) is 0 Å². The molecular weight excluding hydrogens is 408 g/mol. The van der Waals surface area contributed by atoms with E-state index in [-0.39, 0.29) is 0 Å². The van der Waals surface area contributed by atoms with Gasteiger partial charge in [-0.25, -0.2) is 0 Å². The molecule has 0 radical (unpaired) electrons. The molecule has 0 saturated heterocycles. The maximum atomic E-state index is 2.56. The summed E-state index contributed by atoms with van der Waals surface area (Å²) in [6.07, 6.45) is 2.65. The van der Waals surface area contributed by atoms with Gasteiger partial charge in [-0.2, -0.15) is 0 Å². The summed E-state index contributed by atoms with van der Waals surface area (Å²) in [7, 11) is 0. The van der Waals surface area contributed by atoms with E-state index in [1.165, 1.54) is 12.8 Å². The first-order valence-electron chi connectivity index (χ1n) is 14.9. The fourth-order valence-corrected chi connectivity index (χ4v) is 4.31. The van der Waals surface area contributed by atoms with Crippen LogP contribution in [0.1, 0.15) is 151 Å². The van der Waals surface area contributed by atoms with Crippen LogP contribution in [0.3, 0.4) is 0 Å². The first-order chi connectivity index (χ1) is 14.9. The minimum absolute atomic E-state index is 0.329. The summed E-state index contributed by atoms with van der Waals surface area (Å²) in [4.78, 5) is 0. The fourth-order valence-electron chi connectivity index (χ4n) is 4.31. The van der Waals surface area contributed by atoms with Gasteiger partial charge in [0, 0.05) is 0 Å². The second kappa shape index (κ2) is 13.5. The van der Waals surface area contributed by atoms with E-state index in [0.29, 0.717) is 45.3 Å². The summed E-state index contributed by atoms with van der Waals surface area (Å²) in [5.74, 6) is 5.94. The highest BCUT2D eigenvalue weighted by molar-refractivity contribution is 4.98. The third-order valence-electron chi connectivity index (χ3n) is 11.3. The van der Waals surface area contributed by atoms with Crippen LogP contribution in [0.2, 0.25) is 0 Å². The molecule has 0 spiro atoms. The molecule has 0 aliphatic rings. The summed E-state index contributed by atoms with van der Waals surface area (Å²) in [5.41, 5.74) is 1.39. The molecule has 0 aromatic heterocycles. The van der Waals surface area contributed by atoms with Crippen LogP contribution in [-0.4, -0.2) is 0 Å². The Bertz CT molecular complexity index is 486. The van der Waals surface area contributed by atoms with Crippen molar-refractivity contribution >= 4 is 0 Å². The van der Waals surface area contributed by atoms with Crippen LogP contribution in [0, 0.1) is 69.0 Å². The number of rotatable bonds is 12. The van der Waals surface area contributed by atoms with Gasteiger partial charge in [0.15, 0.2) is 0 Å². The molecule has 0 N–H and O–H groups in total. The molecule has 0 heteroatoms. The van der Waals surface area contributed by atoms with E-state index in [9.17, 15) is 0 Å². The van der Waals surface area contributed by atoms with E-state index < -0.39 is 0 Å². The zero-order valence-electron chi connectivity index (χ0n) is 28.0. The van der Waals surface area contributed by atoms with Gasteiger partial charge in [-0.15, -0.1) is 0 Å². The van der Waals surface area contributed by atoms with E-state index >= 15 is 0 Å². The summed E-state index contributed by atoms with van der Waals surface area (Å²) < 4.78 is 0. The number of hydrogen-bond acceptors (Lipinski definition) is 0. The molecule has 0 heterocycles. The molecule has 208 valence electrons. The van der Waals surface area contributed by atoms with Crippen LogP contribution < -0.4 is 0 Å². The fraction of sp³-hybridized carbons (Fsp3) is 1.00. The largest absolute Gasteiger partial charge is 0.0625 e. The molecule has 0 aromatic carbocycles. The van der Waals surface area contributed by atoms with Gasteiger partial charge in [0.25, 0.3) is 0 Å². The van der Waals surface area contributed by atoms with Crippen LogP contribution in [0.5, 0.6) is 0 Å². The lowest BCUT2D eigenvalue weighted by Gasteiger charge is -2.54. The van der Waals surface area contributed by atoms with Crippen molar-refractivity contribution < 1.29 is 0 Å². The monoisotopic (exact) mass is 481 g/mol. The second-order valence-corrected chi connectivity index (χ2v) is 16.3. The lowest BCUT2D eigenvalue weighted by molar-refractivity contribution is -0.0551. The quantitative estimate of drug-likeness (QED) is 0.260.